The SMILES string of the molecule is CC1CCCCN1CCC(O)c1cc2cn[nH]c2cc1Cl. The van der Waals surface area contributed by atoms with E-state index < -0.39 is 6.10 Å². The second-order valence-electron chi connectivity index (χ2n) is 6.02. The molecule has 5 heteroatoms. The lowest BCUT2D eigenvalue weighted by Crippen LogP contribution is -2.38. The van der Waals surface area contributed by atoms with Crippen LogP contribution in [0.3, 0.4) is 0 Å². The molecule has 1 saturated heterocycles. The van der Waals surface area contributed by atoms with Gasteiger partial charge in [0.15, 0.2) is 0 Å². The molecule has 1 aromatic carbocycles. The van der Waals surface area contributed by atoms with Gasteiger partial charge in [-0.3, -0.25) is 5.10 Å². The molecule has 0 aliphatic carbocycles. The second-order valence-corrected chi connectivity index (χ2v) is 6.42. The molecule has 0 bridgehead atoms. The molecule has 2 N–H and O–H groups in total. The summed E-state index contributed by atoms with van der Waals surface area (Å²) in [4.78, 5) is 2.47. The summed E-state index contributed by atoms with van der Waals surface area (Å²) >= 11 is 6.28. The van der Waals surface area contributed by atoms with Crippen LogP contribution in [0.4, 0.5) is 0 Å². The number of hydrogen-bond acceptors (Lipinski definition) is 3. The van der Waals surface area contributed by atoms with Crippen molar-refractivity contribution in [2.45, 2.75) is 44.8 Å². The predicted octanol–water partition coefficient (Wildman–Crippen LogP) is 3.51. The zero-order chi connectivity index (χ0) is 14.8. The first-order valence-corrected chi connectivity index (χ1v) is 8.07. The van der Waals surface area contributed by atoms with Gasteiger partial charge in [-0.2, -0.15) is 5.10 Å². The Labute approximate surface area is 130 Å². The highest BCUT2D eigenvalue weighted by Crippen LogP contribution is 2.30. The number of aliphatic hydroxyl groups excluding tert-OH is 1. The van der Waals surface area contributed by atoms with E-state index in [-0.39, 0.29) is 0 Å². The number of nitrogens with zero attached hydrogens (tertiary/aromatic N) is 2. The lowest BCUT2D eigenvalue weighted by Gasteiger charge is -2.33. The Balaban J connectivity index is 1.68. The fraction of sp³-hybridized carbons (Fsp3) is 0.562. The summed E-state index contributed by atoms with van der Waals surface area (Å²) in [6.07, 6.45) is 5.80. The molecule has 2 atom stereocenters. The maximum atomic E-state index is 10.5. The van der Waals surface area contributed by atoms with Gasteiger partial charge < -0.3 is 10.0 Å². The summed E-state index contributed by atoms with van der Waals surface area (Å²) in [7, 11) is 0. The van der Waals surface area contributed by atoms with Gasteiger partial charge in [0.1, 0.15) is 0 Å². The van der Waals surface area contributed by atoms with E-state index in [1.54, 1.807) is 6.20 Å². The highest BCUT2D eigenvalue weighted by atomic mass is 35.5. The Bertz CT molecular complexity index is 613. The lowest BCUT2D eigenvalue weighted by atomic mass is 10.0. The molecule has 1 fully saturated rings. The van der Waals surface area contributed by atoms with E-state index in [0.29, 0.717) is 17.5 Å². The molecule has 0 saturated carbocycles. The Hall–Kier alpha value is -1.10. The normalized spacial score (nSPS) is 21.8. The average Bonchev–Trinajstić information content (AvgIpc) is 2.92. The predicted molar refractivity (Wildman–Crippen MR) is 85.6 cm³/mol. The van der Waals surface area contributed by atoms with Gasteiger partial charge in [0.05, 0.1) is 17.8 Å². The van der Waals surface area contributed by atoms with E-state index in [1.807, 2.05) is 12.1 Å². The van der Waals surface area contributed by atoms with Crippen molar-refractivity contribution in [1.29, 1.82) is 0 Å². The van der Waals surface area contributed by atoms with E-state index in [2.05, 4.69) is 22.0 Å². The number of hydrogen-bond donors (Lipinski definition) is 2. The van der Waals surface area contributed by atoms with Crippen LogP contribution in [0, 0.1) is 0 Å². The van der Waals surface area contributed by atoms with Gasteiger partial charge in [-0.1, -0.05) is 18.0 Å². The molecule has 0 amide bonds. The minimum Gasteiger partial charge on any atom is -0.388 e. The number of likely N-dealkylation sites (tertiary alicyclic amines) is 1. The number of H-pyrrole nitrogens is 1. The third-order valence-corrected chi connectivity index (χ3v) is 4.87. The summed E-state index contributed by atoms with van der Waals surface area (Å²) < 4.78 is 0. The molecule has 1 aromatic heterocycles. The van der Waals surface area contributed by atoms with Crippen LogP contribution in [0.2, 0.25) is 5.02 Å². The zero-order valence-corrected chi connectivity index (χ0v) is 13.1. The molecule has 1 aliphatic rings. The van der Waals surface area contributed by atoms with Crippen molar-refractivity contribution < 1.29 is 5.11 Å². The molecular formula is C16H22ClN3O. The third-order valence-electron chi connectivity index (χ3n) is 4.55. The van der Waals surface area contributed by atoms with Crippen molar-refractivity contribution in [2.75, 3.05) is 13.1 Å². The van der Waals surface area contributed by atoms with E-state index in [4.69, 9.17) is 11.6 Å². The first kappa shape index (κ1) is 14.8. The Morgan fingerprint density at radius 1 is 1.48 bits per heavy atom. The second kappa shape index (κ2) is 6.34. The fourth-order valence-electron chi connectivity index (χ4n) is 3.17. The highest BCUT2D eigenvalue weighted by Gasteiger charge is 2.20. The maximum absolute atomic E-state index is 10.5. The molecule has 2 heterocycles. The average molecular weight is 308 g/mol. The topological polar surface area (TPSA) is 52.1 Å². The molecule has 21 heavy (non-hydrogen) atoms. The number of nitrogens with one attached hydrogen (secondary N) is 1. The minimum absolute atomic E-state index is 0.522. The number of piperidine rings is 1. The summed E-state index contributed by atoms with van der Waals surface area (Å²) in [5.74, 6) is 0. The number of benzene rings is 1. The Morgan fingerprint density at radius 3 is 3.14 bits per heavy atom. The van der Waals surface area contributed by atoms with Crippen molar-refractivity contribution in [3.05, 3.63) is 28.9 Å². The van der Waals surface area contributed by atoms with E-state index in [9.17, 15) is 5.11 Å². The summed E-state index contributed by atoms with van der Waals surface area (Å²) in [5, 5.41) is 19.0. The van der Waals surface area contributed by atoms with Gasteiger partial charge in [-0.05, 0) is 50.4 Å². The summed E-state index contributed by atoms with van der Waals surface area (Å²) in [6, 6.07) is 4.40. The molecular weight excluding hydrogens is 286 g/mol. The molecule has 114 valence electrons. The van der Waals surface area contributed by atoms with Crippen molar-refractivity contribution in [3.63, 3.8) is 0 Å². The number of rotatable bonds is 4. The summed E-state index contributed by atoms with van der Waals surface area (Å²) in [6.45, 7) is 4.33. The molecule has 1 aliphatic heterocycles. The van der Waals surface area contributed by atoms with E-state index >= 15 is 0 Å². The molecule has 4 nitrogen and oxygen atoms in total. The van der Waals surface area contributed by atoms with Gasteiger partial charge in [-0.25, -0.2) is 0 Å². The first-order chi connectivity index (χ1) is 10.1. The van der Waals surface area contributed by atoms with E-state index in [0.717, 1.165) is 29.6 Å². The summed E-state index contributed by atoms with van der Waals surface area (Å²) in [5.41, 5.74) is 1.70. The van der Waals surface area contributed by atoms with Crippen molar-refractivity contribution in [3.8, 4) is 0 Å². The van der Waals surface area contributed by atoms with Crippen LogP contribution in [0.5, 0.6) is 0 Å². The van der Waals surface area contributed by atoms with Crippen LogP contribution < -0.4 is 0 Å². The number of fused-ring (bicyclic) bond motifs is 1. The monoisotopic (exact) mass is 307 g/mol. The number of aromatic amines is 1. The van der Waals surface area contributed by atoms with Crippen LogP contribution in [0.1, 0.15) is 44.3 Å². The lowest BCUT2D eigenvalue weighted by molar-refractivity contribution is 0.109. The molecule has 0 spiro atoms. The van der Waals surface area contributed by atoms with Crippen LogP contribution in [-0.2, 0) is 0 Å². The van der Waals surface area contributed by atoms with E-state index in [1.165, 1.54) is 19.3 Å². The maximum Gasteiger partial charge on any atom is 0.0816 e. The first-order valence-electron chi connectivity index (χ1n) is 7.70. The zero-order valence-electron chi connectivity index (χ0n) is 12.3. The van der Waals surface area contributed by atoms with Crippen LogP contribution in [-0.4, -0.2) is 39.3 Å². The van der Waals surface area contributed by atoms with Crippen molar-refractivity contribution >= 4 is 22.5 Å². The smallest absolute Gasteiger partial charge is 0.0816 e. The quantitative estimate of drug-likeness (QED) is 0.909. The number of aromatic nitrogens is 2. The van der Waals surface area contributed by atoms with Crippen molar-refractivity contribution in [1.82, 2.24) is 15.1 Å². The van der Waals surface area contributed by atoms with Crippen LogP contribution in [0.25, 0.3) is 10.9 Å². The molecule has 2 unspecified atom stereocenters. The van der Waals surface area contributed by atoms with Gasteiger partial charge in [0.25, 0.3) is 0 Å². The van der Waals surface area contributed by atoms with Crippen molar-refractivity contribution in [2.24, 2.45) is 0 Å². The molecule has 3 rings (SSSR count). The molecule has 0 radical (unpaired) electrons. The van der Waals surface area contributed by atoms with Gasteiger partial charge in [0.2, 0.25) is 0 Å². The van der Waals surface area contributed by atoms with Gasteiger partial charge in [0, 0.05) is 23.0 Å². The van der Waals surface area contributed by atoms with Gasteiger partial charge in [-0.15, -0.1) is 0 Å². The minimum atomic E-state index is -0.522. The largest absolute Gasteiger partial charge is 0.388 e. The molecule has 2 aromatic rings. The van der Waals surface area contributed by atoms with Gasteiger partial charge >= 0.3 is 0 Å². The third kappa shape index (κ3) is 3.23. The number of halogens is 1. The highest BCUT2D eigenvalue weighted by molar-refractivity contribution is 6.32. The standard InChI is InChI=1S/C16H22ClN3O/c1-11-4-2-3-6-20(11)7-5-16(21)13-8-12-10-18-19-15(12)9-14(13)17/h8-11,16,21H,2-7H2,1H3,(H,18,19). The Kier molecular flexibility index (Phi) is 4.48. The van der Waals surface area contributed by atoms with Crippen LogP contribution >= 0.6 is 11.6 Å². The van der Waals surface area contributed by atoms with Crippen LogP contribution in [0.15, 0.2) is 18.3 Å². The number of aliphatic hydroxyl groups is 1. The Morgan fingerprint density at radius 2 is 2.33 bits per heavy atom. The fourth-order valence-corrected chi connectivity index (χ4v) is 3.46.